The molecule has 1 aromatic heterocycles. The molecule has 5 nitrogen and oxygen atoms in total. The van der Waals surface area contributed by atoms with Gasteiger partial charge in [0.15, 0.2) is 0 Å². The van der Waals surface area contributed by atoms with Gasteiger partial charge in [-0.25, -0.2) is 4.79 Å². The van der Waals surface area contributed by atoms with Crippen molar-refractivity contribution in [2.24, 2.45) is 5.73 Å². The molecule has 19 heavy (non-hydrogen) atoms. The number of cyclic esters (lactones) is 1. The van der Waals surface area contributed by atoms with E-state index in [1.807, 2.05) is 6.20 Å². The van der Waals surface area contributed by atoms with Crippen molar-refractivity contribution in [1.82, 2.24) is 10.3 Å². The van der Waals surface area contributed by atoms with Crippen LogP contribution < -0.4 is 11.1 Å². The Morgan fingerprint density at radius 1 is 1.42 bits per heavy atom. The minimum atomic E-state index is -0.323. The molecular formula is C14H17N3O2. The fourth-order valence-electron chi connectivity index (χ4n) is 2.54. The van der Waals surface area contributed by atoms with Gasteiger partial charge in [-0.1, -0.05) is 6.07 Å². The van der Waals surface area contributed by atoms with Crippen LogP contribution in [0.15, 0.2) is 24.4 Å². The van der Waals surface area contributed by atoms with Gasteiger partial charge < -0.3 is 20.8 Å². The van der Waals surface area contributed by atoms with Crippen molar-refractivity contribution < 1.29 is 9.53 Å². The number of H-pyrrole nitrogens is 1. The number of hydrogen-bond acceptors (Lipinski definition) is 3. The number of aromatic nitrogens is 1. The zero-order valence-corrected chi connectivity index (χ0v) is 10.6. The molecule has 2 heterocycles. The molecule has 1 fully saturated rings. The topological polar surface area (TPSA) is 80.1 Å². The van der Waals surface area contributed by atoms with Crippen LogP contribution in [0.25, 0.3) is 10.9 Å². The SMILES string of the molecule is NCCc1c[nH]c2ccc(CC3COC(=O)N3)cc12. The second kappa shape index (κ2) is 4.93. The van der Waals surface area contributed by atoms with Gasteiger partial charge in [-0.2, -0.15) is 0 Å². The van der Waals surface area contributed by atoms with E-state index in [1.54, 1.807) is 0 Å². The van der Waals surface area contributed by atoms with Crippen LogP contribution in [-0.2, 0) is 17.6 Å². The fourth-order valence-corrected chi connectivity index (χ4v) is 2.54. The highest BCUT2D eigenvalue weighted by atomic mass is 16.6. The first kappa shape index (κ1) is 12.0. The number of benzene rings is 1. The lowest BCUT2D eigenvalue weighted by atomic mass is 10.0. The van der Waals surface area contributed by atoms with Crippen molar-refractivity contribution in [3.05, 3.63) is 35.5 Å². The molecule has 5 heteroatoms. The molecule has 4 N–H and O–H groups in total. The van der Waals surface area contributed by atoms with Gasteiger partial charge in [0.1, 0.15) is 6.61 Å². The minimum Gasteiger partial charge on any atom is -0.447 e. The van der Waals surface area contributed by atoms with E-state index in [4.69, 9.17) is 10.5 Å². The first-order valence-corrected chi connectivity index (χ1v) is 6.48. The molecule has 2 aromatic rings. The van der Waals surface area contributed by atoms with Crippen LogP contribution in [-0.4, -0.2) is 30.3 Å². The highest BCUT2D eigenvalue weighted by Gasteiger charge is 2.22. The Morgan fingerprint density at radius 3 is 3.05 bits per heavy atom. The highest BCUT2D eigenvalue weighted by molar-refractivity contribution is 5.84. The third kappa shape index (κ3) is 2.42. The van der Waals surface area contributed by atoms with Crippen LogP contribution in [0.4, 0.5) is 4.79 Å². The van der Waals surface area contributed by atoms with E-state index in [9.17, 15) is 4.79 Å². The number of aromatic amines is 1. The molecule has 0 bridgehead atoms. The standard InChI is InChI=1S/C14H17N3O2/c15-4-3-10-7-16-13-2-1-9(6-12(10)13)5-11-8-19-14(18)17-11/h1-2,6-7,11,16H,3-5,8,15H2,(H,17,18). The summed E-state index contributed by atoms with van der Waals surface area (Å²) in [5.41, 5.74) is 9.18. The first-order valence-electron chi connectivity index (χ1n) is 6.48. The van der Waals surface area contributed by atoms with Gasteiger partial charge in [0, 0.05) is 17.1 Å². The van der Waals surface area contributed by atoms with Crippen molar-refractivity contribution in [2.75, 3.05) is 13.2 Å². The van der Waals surface area contributed by atoms with E-state index < -0.39 is 0 Å². The summed E-state index contributed by atoms with van der Waals surface area (Å²) in [4.78, 5) is 14.3. The number of nitrogens with two attached hydrogens (primary N) is 1. The summed E-state index contributed by atoms with van der Waals surface area (Å²) in [7, 11) is 0. The highest BCUT2D eigenvalue weighted by Crippen LogP contribution is 2.21. The maximum absolute atomic E-state index is 11.0. The second-order valence-electron chi connectivity index (χ2n) is 4.88. The lowest BCUT2D eigenvalue weighted by molar-refractivity contribution is 0.177. The largest absolute Gasteiger partial charge is 0.447 e. The van der Waals surface area contributed by atoms with Gasteiger partial charge >= 0.3 is 6.09 Å². The van der Waals surface area contributed by atoms with E-state index in [1.165, 1.54) is 16.5 Å². The molecule has 0 aliphatic carbocycles. The zero-order valence-electron chi connectivity index (χ0n) is 10.6. The Bertz CT molecular complexity index is 606. The molecular weight excluding hydrogens is 242 g/mol. The van der Waals surface area contributed by atoms with Gasteiger partial charge in [0.2, 0.25) is 0 Å². The van der Waals surface area contributed by atoms with E-state index in [2.05, 4.69) is 28.5 Å². The Morgan fingerprint density at radius 2 is 2.32 bits per heavy atom. The molecule has 1 saturated heterocycles. The van der Waals surface area contributed by atoms with Gasteiger partial charge in [0.25, 0.3) is 0 Å². The van der Waals surface area contributed by atoms with Gasteiger partial charge in [-0.15, -0.1) is 0 Å². The Hall–Kier alpha value is -2.01. The number of ether oxygens (including phenoxy) is 1. The molecule has 1 aromatic carbocycles. The molecule has 1 amide bonds. The van der Waals surface area contributed by atoms with Crippen LogP contribution in [0.5, 0.6) is 0 Å². The average Bonchev–Trinajstić information content (AvgIpc) is 2.97. The zero-order chi connectivity index (χ0) is 13.2. The summed E-state index contributed by atoms with van der Waals surface area (Å²) < 4.78 is 4.90. The molecule has 1 unspecified atom stereocenters. The van der Waals surface area contributed by atoms with E-state index in [0.717, 1.165) is 18.4 Å². The number of amides is 1. The number of fused-ring (bicyclic) bond motifs is 1. The Balaban J connectivity index is 1.83. The smallest absolute Gasteiger partial charge is 0.407 e. The molecule has 1 aliphatic heterocycles. The van der Waals surface area contributed by atoms with Crippen LogP contribution in [0.3, 0.4) is 0 Å². The quantitative estimate of drug-likeness (QED) is 0.774. The Labute approximate surface area is 111 Å². The third-order valence-electron chi connectivity index (χ3n) is 3.47. The lowest BCUT2D eigenvalue weighted by Gasteiger charge is -2.07. The molecule has 3 rings (SSSR count). The monoisotopic (exact) mass is 259 g/mol. The van der Waals surface area contributed by atoms with Crippen molar-refractivity contribution in [3.8, 4) is 0 Å². The number of hydrogen-bond donors (Lipinski definition) is 3. The number of carbonyl (C=O) groups is 1. The molecule has 100 valence electrons. The first-order chi connectivity index (χ1) is 9.26. The number of alkyl carbamates (subject to hydrolysis) is 1. The normalized spacial score (nSPS) is 18.6. The number of carbonyl (C=O) groups excluding carboxylic acids is 1. The average molecular weight is 259 g/mol. The van der Waals surface area contributed by atoms with Crippen LogP contribution in [0, 0.1) is 0 Å². The Kier molecular flexibility index (Phi) is 3.13. The second-order valence-corrected chi connectivity index (χ2v) is 4.88. The predicted octanol–water partition coefficient (Wildman–Crippen LogP) is 1.32. The number of nitrogens with one attached hydrogen (secondary N) is 2. The summed E-state index contributed by atoms with van der Waals surface area (Å²) >= 11 is 0. The van der Waals surface area contributed by atoms with Gasteiger partial charge in [-0.3, -0.25) is 0 Å². The van der Waals surface area contributed by atoms with Crippen LogP contribution >= 0.6 is 0 Å². The van der Waals surface area contributed by atoms with E-state index >= 15 is 0 Å². The van der Waals surface area contributed by atoms with Crippen molar-refractivity contribution in [1.29, 1.82) is 0 Å². The van der Waals surface area contributed by atoms with Gasteiger partial charge in [-0.05, 0) is 42.6 Å². The minimum absolute atomic E-state index is 0.0712. The summed E-state index contributed by atoms with van der Waals surface area (Å²) in [6.45, 7) is 1.09. The molecule has 0 spiro atoms. The van der Waals surface area contributed by atoms with Gasteiger partial charge in [0.05, 0.1) is 6.04 Å². The summed E-state index contributed by atoms with van der Waals surface area (Å²) in [5, 5.41) is 4.01. The third-order valence-corrected chi connectivity index (χ3v) is 3.47. The maximum atomic E-state index is 11.0. The molecule has 1 aliphatic rings. The molecule has 1 atom stereocenters. The fraction of sp³-hybridized carbons (Fsp3) is 0.357. The van der Waals surface area contributed by atoms with Crippen LogP contribution in [0.1, 0.15) is 11.1 Å². The summed E-state index contributed by atoms with van der Waals surface area (Å²) in [5.74, 6) is 0. The lowest BCUT2D eigenvalue weighted by Crippen LogP contribution is -2.28. The van der Waals surface area contributed by atoms with Crippen molar-refractivity contribution in [2.45, 2.75) is 18.9 Å². The predicted molar refractivity (Wildman–Crippen MR) is 73.0 cm³/mol. The summed E-state index contributed by atoms with van der Waals surface area (Å²) in [6, 6.07) is 6.39. The van der Waals surface area contributed by atoms with E-state index in [-0.39, 0.29) is 12.1 Å². The van der Waals surface area contributed by atoms with E-state index in [0.29, 0.717) is 13.2 Å². The molecule has 0 radical (unpaired) electrons. The maximum Gasteiger partial charge on any atom is 0.407 e. The van der Waals surface area contributed by atoms with Crippen molar-refractivity contribution in [3.63, 3.8) is 0 Å². The molecule has 0 saturated carbocycles. The van der Waals surface area contributed by atoms with Crippen molar-refractivity contribution >= 4 is 17.0 Å². The summed E-state index contributed by atoms with van der Waals surface area (Å²) in [6.07, 6.45) is 3.35. The number of rotatable bonds is 4. The van der Waals surface area contributed by atoms with Crippen LogP contribution in [0.2, 0.25) is 0 Å².